The number of rotatable bonds is 4. The summed E-state index contributed by atoms with van der Waals surface area (Å²) in [6, 6.07) is 19.8. The van der Waals surface area contributed by atoms with Gasteiger partial charge in [-0.05, 0) is 64.0 Å². The van der Waals surface area contributed by atoms with Crippen LogP contribution in [-0.4, -0.2) is 18.4 Å². The lowest BCUT2D eigenvalue weighted by Crippen LogP contribution is -2.38. The minimum absolute atomic E-state index is 0.0315. The Morgan fingerprint density at radius 1 is 1.10 bits per heavy atom. The second-order valence-corrected chi connectivity index (χ2v) is 7.81. The summed E-state index contributed by atoms with van der Waals surface area (Å²) < 4.78 is 6.26. The first-order chi connectivity index (χ1) is 14.0. The van der Waals surface area contributed by atoms with Crippen LogP contribution < -0.4 is 15.0 Å². The van der Waals surface area contributed by atoms with E-state index in [0.29, 0.717) is 38.7 Å². The Bertz CT molecular complexity index is 1100. The number of ether oxygens (including phenoxy) is 1. The van der Waals surface area contributed by atoms with Crippen LogP contribution in [0.15, 0.2) is 71.2 Å². The van der Waals surface area contributed by atoms with Gasteiger partial charge in [0.25, 0.3) is 11.8 Å². The molecule has 0 unspecified atom stereocenters. The largest absolute Gasteiger partial charge is 0.482 e. The van der Waals surface area contributed by atoms with Gasteiger partial charge in [0.2, 0.25) is 0 Å². The van der Waals surface area contributed by atoms with Gasteiger partial charge in [0.05, 0.1) is 17.8 Å². The number of halogens is 2. The standard InChI is InChI=1S/C22H16BrClN2O3/c23-18-7-2-1-6-17(18)22(28)25-16-8-9-20-19(11-16)26(21(27)13-29-20)12-14-4-3-5-15(24)10-14/h1-11H,12-13H2,(H,25,28). The van der Waals surface area contributed by atoms with Crippen LogP contribution in [0.5, 0.6) is 5.75 Å². The van der Waals surface area contributed by atoms with E-state index < -0.39 is 0 Å². The minimum atomic E-state index is -0.248. The van der Waals surface area contributed by atoms with Crippen molar-refractivity contribution in [1.82, 2.24) is 0 Å². The first-order valence-electron chi connectivity index (χ1n) is 8.89. The van der Waals surface area contributed by atoms with Crippen LogP contribution >= 0.6 is 27.5 Å². The number of benzene rings is 3. The van der Waals surface area contributed by atoms with E-state index in [4.69, 9.17) is 16.3 Å². The molecule has 146 valence electrons. The second-order valence-electron chi connectivity index (χ2n) is 6.51. The van der Waals surface area contributed by atoms with Crippen LogP contribution in [0.4, 0.5) is 11.4 Å². The van der Waals surface area contributed by atoms with Gasteiger partial charge in [-0.15, -0.1) is 0 Å². The van der Waals surface area contributed by atoms with E-state index in [2.05, 4.69) is 21.2 Å². The summed E-state index contributed by atoms with van der Waals surface area (Å²) in [6.45, 7) is 0.327. The van der Waals surface area contributed by atoms with Crippen molar-refractivity contribution in [3.05, 3.63) is 87.4 Å². The van der Waals surface area contributed by atoms with Crippen LogP contribution in [0.1, 0.15) is 15.9 Å². The van der Waals surface area contributed by atoms with Crippen molar-refractivity contribution in [1.29, 1.82) is 0 Å². The molecule has 0 radical (unpaired) electrons. The Balaban J connectivity index is 1.62. The quantitative estimate of drug-likeness (QED) is 0.563. The first kappa shape index (κ1) is 19.5. The third kappa shape index (κ3) is 4.28. The topological polar surface area (TPSA) is 58.6 Å². The fraction of sp³-hybridized carbons (Fsp3) is 0.0909. The summed E-state index contributed by atoms with van der Waals surface area (Å²) in [5.74, 6) is 0.180. The molecule has 1 heterocycles. The summed E-state index contributed by atoms with van der Waals surface area (Å²) >= 11 is 9.46. The summed E-state index contributed by atoms with van der Waals surface area (Å²) in [4.78, 5) is 26.8. The molecule has 0 saturated carbocycles. The first-order valence-corrected chi connectivity index (χ1v) is 10.1. The van der Waals surface area contributed by atoms with Crippen molar-refractivity contribution < 1.29 is 14.3 Å². The Labute approximate surface area is 181 Å². The Hall–Kier alpha value is -2.83. The highest BCUT2D eigenvalue weighted by Crippen LogP contribution is 2.36. The predicted octanol–water partition coefficient (Wildman–Crippen LogP) is 5.28. The molecule has 0 atom stereocenters. The summed E-state index contributed by atoms with van der Waals surface area (Å²) in [7, 11) is 0. The van der Waals surface area contributed by atoms with Crippen LogP contribution in [0, 0.1) is 0 Å². The normalized spacial score (nSPS) is 12.9. The van der Waals surface area contributed by atoms with Gasteiger partial charge in [-0.1, -0.05) is 35.9 Å². The number of fused-ring (bicyclic) bond motifs is 1. The molecule has 29 heavy (non-hydrogen) atoms. The molecule has 3 aromatic carbocycles. The van der Waals surface area contributed by atoms with Crippen molar-refractivity contribution in [3.8, 4) is 5.75 Å². The van der Waals surface area contributed by atoms with Gasteiger partial charge in [-0.2, -0.15) is 0 Å². The Morgan fingerprint density at radius 2 is 1.93 bits per heavy atom. The van der Waals surface area contributed by atoms with Crippen LogP contribution in [0.2, 0.25) is 5.02 Å². The summed E-state index contributed by atoms with van der Waals surface area (Å²) in [5, 5.41) is 3.48. The third-order valence-electron chi connectivity index (χ3n) is 4.51. The number of anilines is 2. The maximum atomic E-state index is 12.6. The number of nitrogens with zero attached hydrogens (tertiary/aromatic N) is 1. The Morgan fingerprint density at radius 3 is 2.72 bits per heavy atom. The van der Waals surface area contributed by atoms with Crippen molar-refractivity contribution in [3.63, 3.8) is 0 Å². The van der Waals surface area contributed by atoms with E-state index in [1.54, 1.807) is 47.4 Å². The monoisotopic (exact) mass is 470 g/mol. The summed E-state index contributed by atoms with van der Waals surface area (Å²) in [6.07, 6.45) is 0. The van der Waals surface area contributed by atoms with Crippen molar-refractivity contribution in [2.24, 2.45) is 0 Å². The third-order valence-corrected chi connectivity index (χ3v) is 5.43. The molecule has 3 aromatic rings. The van der Waals surface area contributed by atoms with Gasteiger partial charge >= 0.3 is 0 Å². The zero-order chi connectivity index (χ0) is 20.4. The van der Waals surface area contributed by atoms with Gasteiger partial charge < -0.3 is 15.0 Å². The minimum Gasteiger partial charge on any atom is -0.482 e. The SMILES string of the molecule is O=C(Nc1ccc2c(c1)N(Cc1cccc(Cl)c1)C(=O)CO2)c1ccccc1Br. The van der Waals surface area contributed by atoms with E-state index in [-0.39, 0.29) is 18.4 Å². The molecule has 0 aromatic heterocycles. The highest BCUT2D eigenvalue weighted by atomic mass is 79.9. The predicted molar refractivity (Wildman–Crippen MR) is 117 cm³/mol. The molecule has 5 nitrogen and oxygen atoms in total. The molecule has 1 aliphatic rings. The van der Waals surface area contributed by atoms with E-state index in [1.165, 1.54) is 0 Å². The molecule has 0 spiro atoms. The average Bonchev–Trinajstić information content (AvgIpc) is 2.70. The fourth-order valence-electron chi connectivity index (χ4n) is 3.11. The van der Waals surface area contributed by atoms with E-state index in [1.807, 2.05) is 24.3 Å². The van der Waals surface area contributed by atoms with Gasteiger partial charge in [0.1, 0.15) is 5.75 Å². The Kier molecular flexibility index (Phi) is 5.56. The number of hydrogen-bond acceptors (Lipinski definition) is 3. The molecule has 1 N–H and O–H groups in total. The highest BCUT2D eigenvalue weighted by Gasteiger charge is 2.26. The number of nitrogens with one attached hydrogen (secondary N) is 1. The number of amides is 2. The lowest BCUT2D eigenvalue weighted by Gasteiger charge is -2.30. The van der Waals surface area contributed by atoms with Crippen LogP contribution in [0.3, 0.4) is 0 Å². The second kappa shape index (κ2) is 8.27. The molecule has 1 aliphatic heterocycles. The smallest absolute Gasteiger partial charge is 0.265 e. The van der Waals surface area contributed by atoms with Crippen molar-refractivity contribution >= 4 is 50.7 Å². The molecular formula is C22H16BrClN2O3. The molecule has 2 amide bonds. The molecule has 7 heteroatoms. The lowest BCUT2D eigenvalue weighted by atomic mass is 10.1. The fourth-order valence-corrected chi connectivity index (χ4v) is 3.79. The molecule has 0 bridgehead atoms. The molecule has 4 rings (SSSR count). The van der Waals surface area contributed by atoms with Gasteiger partial charge in [-0.3, -0.25) is 9.59 Å². The molecule has 0 saturated heterocycles. The van der Waals surface area contributed by atoms with Crippen LogP contribution in [-0.2, 0) is 11.3 Å². The van der Waals surface area contributed by atoms with Gasteiger partial charge in [0, 0.05) is 15.2 Å². The average molecular weight is 472 g/mol. The maximum Gasteiger partial charge on any atom is 0.265 e. The summed E-state index contributed by atoms with van der Waals surface area (Å²) in [5.41, 5.74) is 2.60. The zero-order valence-electron chi connectivity index (χ0n) is 15.2. The van der Waals surface area contributed by atoms with E-state index >= 15 is 0 Å². The number of carbonyl (C=O) groups is 2. The van der Waals surface area contributed by atoms with Crippen LogP contribution in [0.25, 0.3) is 0 Å². The number of carbonyl (C=O) groups excluding carboxylic acids is 2. The van der Waals surface area contributed by atoms with E-state index in [9.17, 15) is 9.59 Å². The zero-order valence-corrected chi connectivity index (χ0v) is 17.5. The lowest BCUT2D eigenvalue weighted by molar-refractivity contribution is -0.121. The molecule has 0 fully saturated rings. The molecular weight excluding hydrogens is 456 g/mol. The van der Waals surface area contributed by atoms with Gasteiger partial charge in [-0.25, -0.2) is 0 Å². The van der Waals surface area contributed by atoms with Crippen molar-refractivity contribution in [2.45, 2.75) is 6.54 Å². The van der Waals surface area contributed by atoms with Gasteiger partial charge in [0.15, 0.2) is 6.61 Å². The highest BCUT2D eigenvalue weighted by molar-refractivity contribution is 9.10. The van der Waals surface area contributed by atoms with Crippen molar-refractivity contribution in [2.75, 3.05) is 16.8 Å². The number of hydrogen-bond donors (Lipinski definition) is 1. The maximum absolute atomic E-state index is 12.6. The van der Waals surface area contributed by atoms with E-state index in [0.717, 1.165) is 5.56 Å². The molecule has 0 aliphatic carbocycles.